The van der Waals surface area contributed by atoms with Crippen LogP contribution < -0.4 is 25.5 Å². The summed E-state index contributed by atoms with van der Waals surface area (Å²) in [4.78, 5) is 37.9. The van der Waals surface area contributed by atoms with Gasteiger partial charge in [0, 0.05) is 25.4 Å². The van der Waals surface area contributed by atoms with Crippen molar-refractivity contribution in [1.82, 2.24) is 15.2 Å². The van der Waals surface area contributed by atoms with E-state index in [0.717, 1.165) is 6.42 Å². The highest BCUT2D eigenvalue weighted by Gasteiger charge is 2.22. The van der Waals surface area contributed by atoms with Gasteiger partial charge < -0.3 is 24.7 Å². The lowest BCUT2D eigenvalue weighted by Gasteiger charge is -2.16. The minimum atomic E-state index is -0.753. The van der Waals surface area contributed by atoms with E-state index in [1.165, 1.54) is 6.20 Å². The largest absolute Gasteiger partial charge is 0.454 e. The van der Waals surface area contributed by atoms with Gasteiger partial charge >= 0.3 is 0 Å². The maximum Gasteiger partial charge on any atom is 0.257 e. The maximum absolute atomic E-state index is 13.0. The molecule has 1 aliphatic rings. The molecule has 1 aromatic heterocycles. The fourth-order valence-electron chi connectivity index (χ4n) is 3.18. The number of nitrogens with one attached hydrogen (secondary N) is 2. The molecule has 0 bridgehead atoms. The Balaban J connectivity index is 1.84. The number of hydrogen-bond donors (Lipinski definition) is 2. The third-order valence-corrected chi connectivity index (χ3v) is 4.92. The first-order valence-electron chi connectivity index (χ1n) is 9.87. The minimum Gasteiger partial charge on any atom is -0.454 e. The van der Waals surface area contributed by atoms with Crippen LogP contribution in [-0.4, -0.2) is 35.8 Å². The SMILES string of the molecule is CCn1cc(C(=O)N[C@@H](C)C(=O)NCCC(C)C)c(=O)c2cc3c(cc21)OCO3. The summed E-state index contributed by atoms with van der Waals surface area (Å²) in [6.07, 6.45) is 2.37. The summed E-state index contributed by atoms with van der Waals surface area (Å²) in [6, 6.07) is 2.59. The highest BCUT2D eigenvalue weighted by atomic mass is 16.7. The molecule has 0 radical (unpaired) electrons. The number of nitrogens with zero attached hydrogens (tertiary/aromatic N) is 1. The molecule has 1 aromatic carbocycles. The fraction of sp³-hybridized carbons (Fsp3) is 0.476. The Morgan fingerprint density at radius 3 is 2.52 bits per heavy atom. The Morgan fingerprint density at radius 1 is 1.17 bits per heavy atom. The number of carbonyl (C=O) groups is 2. The van der Waals surface area contributed by atoms with E-state index < -0.39 is 17.4 Å². The number of aryl methyl sites for hydroxylation is 1. The van der Waals surface area contributed by atoms with Gasteiger partial charge in [-0.3, -0.25) is 14.4 Å². The topological polar surface area (TPSA) is 98.7 Å². The maximum atomic E-state index is 13.0. The second-order valence-corrected chi connectivity index (χ2v) is 7.55. The average Bonchev–Trinajstić information content (AvgIpc) is 3.14. The zero-order valence-electron chi connectivity index (χ0n) is 17.2. The predicted octanol–water partition coefficient (Wildman–Crippen LogP) is 2.03. The lowest BCUT2D eigenvalue weighted by atomic mass is 10.1. The van der Waals surface area contributed by atoms with Gasteiger partial charge in [-0.2, -0.15) is 0 Å². The molecule has 2 N–H and O–H groups in total. The summed E-state index contributed by atoms with van der Waals surface area (Å²) < 4.78 is 12.6. The molecule has 0 saturated carbocycles. The van der Waals surface area contributed by atoms with Gasteiger partial charge in [-0.1, -0.05) is 13.8 Å². The molecule has 2 heterocycles. The second kappa shape index (κ2) is 8.55. The van der Waals surface area contributed by atoms with Gasteiger partial charge in [0.25, 0.3) is 5.91 Å². The van der Waals surface area contributed by atoms with E-state index in [1.807, 2.05) is 6.92 Å². The Kier molecular flexibility index (Phi) is 6.10. The van der Waals surface area contributed by atoms with Gasteiger partial charge in [0.2, 0.25) is 18.1 Å². The first-order valence-corrected chi connectivity index (χ1v) is 9.87. The Labute approximate surface area is 169 Å². The number of pyridine rings is 1. The highest BCUT2D eigenvalue weighted by Crippen LogP contribution is 2.35. The molecule has 156 valence electrons. The molecule has 0 fully saturated rings. The molecule has 2 aromatic rings. The van der Waals surface area contributed by atoms with E-state index in [1.54, 1.807) is 23.6 Å². The highest BCUT2D eigenvalue weighted by molar-refractivity contribution is 6.00. The van der Waals surface area contributed by atoms with Crippen LogP contribution in [0.1, 0.15) is 44.5 Å². The van der Waals surface area contributed by atoms with E-state index in [4.69, 9.17) is 9.47 Å². The number of amides is 2. The van der Waals surface area contributed by atoms with Crippen molar-refractivity contribution in [3.8, 4) is 11.5 Å². The molecular formula is C21H27N3O5. The standard InChI is InChI=1S/C21H27N3O5/c1-5-24-10-15(21(27)23-13(4)20(26)22-7-6-12(2)3)19(25)14-8-17-18(9-16(14)24)29-11-28-17/h8-10,12-13H,5-7,11H2,1-4H3,(H,22,26)(H,23,27)/t13-/m0/s1. The van der Waals surface area contributed by atoms with Crippen LogP contribution in [-0.2, 0) is 11.3 Å². The van der Waals surface area contributed by atoms with Gasteiger partial charge in [0.05, 0.1) is 10.9 Å². The van der Waals surface area contributed by atoms with Gasteiger partial charge in [0.1, 0.15) is 11.6 Å². The van der Waals surface area contributed by atoms with Crippen LogP contribution in [0.2, 0.25) is 0 Å². The van der Waals surface area contributed by atoms with Crippen molar-refractivity contribution < 1.29 is 19.1 Å². The average molecular weight is 401 g/mol. The number of aromatic nitrogens is 1. The van der Waals surface area contributed by atoms with Crippen LogP contribution >= 0.6 is 0 Å². The van der Waals surface area contributed by atoms with Crippen molar-refractivity contribution in [1.29, 1.82) is 0 Å². The quantitative estimate of drug-likeness (QED) is 0.740. The monoisotopic (exact) mass is 401 g/mol. The number of benzene rings is 1. The third kappa shape index (κ3) is 4.36. The van der Waals surface area contributed by atoms with E-state index in [-0.39, 0.29) is 18.3 Å². The van der Waals surface area contributed by atoms with Crippen LogP contribution in [0.3, 0.4) is 0 Å². The molecule has 8 nitrogen and oxygen atoms in total. The predicted molar refractivity (Wildman–Crippen MR) is 109 cm³/mol. The van der Waals surface area contributed by atoms with E-state index in [0.29, 0.717) is 41.4 Å². The van der Waals surface area contributed by atoms with Crippen LogP contribution in [0, 0.1) is 5.92 Å². The first kappa shape index (κ1) is 20.7. The summed E-state index contributed by atoms with van der Waals surface area (Å²) >= 11 is 0. The number of ether oxygens (including phenoxy) is 2. The summed E-state index contributed by atoms with van der Waals surface area (Å²) in [5, 5.41) is 5.79. The molecule has 0 spiro atoms. The second-order valence-electron chi connectivity index (χ2n) is 7.55. The normalized spacial score (nSPS) is 13.6. The van der Waals surface area contributed by atoms with Gasteiger partial charge in [-0.25, -0.2) is 0 Å². The Hall–Kier alpha value is -3.03. The molecule has 2 amide bonds. The van der Waals surface area contributed by atoms with Crippen molar-refractivity contribution in [2.45, 2.75) is 46.7 Å². The fourth-order valence-corrected chi connectivity index (χ4v) is 3.18. The summed E-state index contributed by atoms with van der Waals surface area (Å²) in [5.74, 6) is 0.666. The lowest BCUT2D eigenvalue weighted by Crippen LogP contribution is -2.46. The van der Waals surface area contributed by atoms with Crippen LogP contribution in [0.4, 0.5) is 0 Å². The Bertz CT molecular complexity index is 996. The number of fused-ring (bicyclic) bond motifs is 2. The van der Waals surface area contributed by atoms with Gasteiger partial charge in [0.15, 0.2) is 11.5 Å². The van der Waals surface area contributed by atoms with E-state index in [2.05, 4.69) is 24.5 Å². The van der Waals surface area contributed by atoms with E-state index in [9.17, 15) is 14.4 Å². The molecule has 0 aliphatic carbocycles. The van der Waals surface area contributed by atoms with Crippen molar-refractivity contribution in [2.24, 2.45) is 5.92 Å². The first-order chi connectivity index (χ1) is 13.8. The van der Waals surface area contributed by atoms with Crippen molar-refractivity contribution in [3.05, 3.63) is 34.1 Å². The number of rotatable bonds is 7. The molecule has 0 unspecified atom stereocenters. The molecular weight excluding hydrogens is 374 g/mol. The van der Waals surface area contributed by atoms with Gasteiger partial charge in [-0.15, -0.1) is 0 Å². The van der Waals surface area contributed by atoms with Crippen molar-refractivity contribution >= 4 is 22.7 Å². The van der Waals surface area contributed by atoms with Crippen molar-refractivity contribution in [2.75, 3.05) is 13.3 Å². The van der Waals surface area contributed by atoms with Crippen LogP contribution in [0.15, 0.2) is 23.1 Å². The van der Waals surface area contributed by atoms with Crippen molar-refractivity contribution in [3.63, 3.8) is 0 Å². The summed E-state index contributed by atoms with van der Waals surface area (Å²) in [5.41, 5.74) is 0.241. The Morgan fingerprint density at radius 2 is 1.86 bits per heavy atom. The molecule has 29 heavy (non-hydrogen) atoms. The number of carbonyl (C=O) groups excluding carboxylic acids is 2. The van der Waals surface area contributed by atoms with Gasteiger partial charge in [-0.05, 0) is 32.3 Å². The van der Waals surface area contributed by atoms with Crippen LogP contribution in [0.25, 0.3) is 10.9 Å². The molecule has 0 saturated heterocycles. The van der Waals surface area contributed by atoms with Crippen LogP contribution in [0.5, 0.6) is 11.5 Å². The number of hydrogen-bond acceptors (Lipinski definition) is 5. The van der Waals surface area contributed by atoms with E-state index >= 15 is 0 Å². The zero-order chi connectivity index (χ0) is 21.1. The molecule has 1 aliphatic heterocycles. The molecule has 3 rings (SSSR count). The molecule has 1 atom stereocenters. The lowest BCUT2D eigenvalue weighted by molar-refractivity contribution is -0.122. The minimum absolute atomic E-state index is 0.0138. The third-order valence-electron chi connectivity index (χ3n) is 4.92. The zero-order valence-corrected chi connectivity index (χ0v) is 17.2. The summed E-state index contributed by atoms with van der Waals surface area (Å²) in [6.45, 7) is 8.86. The smallest absolute Gasteiger partial charge is 0.257 e. The summed E-state index contributed by atoms with van der Waals surface area (Å²) in [7, 11) is 0. The molecule has 8 heteroatoms.